The first-order valence-corrected chi connectivity index (χ1v) is 6.45. The van der Waals surface area contributed by atoms with Crippen molar-refractivity contribution in [3.8, 4) is 11.5 Å². The Morgan fingerprint density at radius 1 is 1.17 bits per heavy atom. The molecule has 0 saturated heterocycles. The lowest BCUT2D eigenvalue weighted by Crippen LogP contribution is -2.08. The molecule has 0 spiro atoms. The maximum Gasteiger partial charge on any atom is 0.129 e. The van der Waals surface area contributed by atoms with Gasteiger partial charge in [-0.2, -0.15) is 0 Å². The molecule has 1 aliphatic carbocycles. The van der Waals surface area contributed by atoms with Gasteiger partial charge in [-0.15, -0.1) is 0 Å². The third kappa shape index (κ3) is 2.36. The summed E-state index contributed by atoms with van der Waals surface area (Å²) >= 11 is 0. The molecule has 0 saturated carbocycles. The largest absolute Gasteiger partial charge is 0.496 e. The molecule has 0 amide bonds. The van der Waals surface area contributed by atoms with Crippen molar-refractivity contribution in [1.82, 2.24) is 0 Å². The summed E-state index contributed by atoms with van der Waals surface area (Å²) in [7, 11) is 3.46. The molecule has 0 heterocycles. The minimum atomic E-state index is 0.530. The fraction of sp³-hybridized carbons (Fsp3) is 0.467. The summed E-state index contributed by atoms with van der Waals surface area (Å²) in [5.41, 5.74) is 9.19. The lowest BCUT2D eigenvalue weighted by molar-refractivity contribution is 0.388. The Morgan fingerprint density at radius 2 is 1.89 bits per heavy atom. The molecule has 0 atom stereocenters. The van der Waals surface area contributed by atoms with Crippen molar-refractivity contribution >= 4 is 6.08 Å². The van der Waals surface area contributed by atoms with Crippen molar-refractivity contribution in [2.24, 2.45) is 5.73 Å². The van der Waals surface area contributed by atoms with E-state index in [-0.39, 0.29) is 0 Å². The molecule has 18 heavy (non-hydrogen) atoms. The molecule has 0 aromatic heterocycles. The highest BCUT2D eigenvalue weighted by Gasteiger charge is 2.20. The van der Waals surface area contributed by atoms with Crippen molar-refractivity contribution in [1.29, 1.82) is 0 Å². The summed E-state index contributed by atoms with van der Waals surface area (Å²) in [5.74, 6) is 1.96. The number of hydrogen-bond donors (Lipinski definition) is 1. The Bertz CT molecular complexity index is 452. The van der Waals surface area contributed by atoms with Crippen LogP contribution in [0.1, 0.15) is 29.5 Å². The van der Waals surface area contributed by atoms with E-state index in [9.17, 15) is 0 Å². The van der Waals surface area contributed by atoms with Gasteiger partial charge >= 0.3 is 0 Å². The summed E-state index contributed by atoms with van der Waals surface area (Å²) in [6.45, 7) is 0.530. The van der Waals surface area contributed by atoms with E-state index in [1.54, 1.807) is 14.2 Å². The number of ether oxygens (including phenoxy) is 2. The number of methoxy groups -OCH3 is 2. The van der Waals surface area contributed by atoms with Crippen LogP contribution >= 0.6 is 0 Å². The van der Waals surface area contributed by atoms with Gasteiger partial charge in [-0.05, 0) is 31.7 Å². The van der Waals surface area contributed by atoms with Crippen LogP contribution in [0.4, 0.5) is 0 Å². The Hall–Kier alpha value is -1.48. The van der Waals surface area contributed by atoms with Crippen LogP contribution < -0.4 is 15.2 Å². The molecule has 0 aliphatic heterocycles. The number of benzene rings is 1. The van der Waals surface area contributed by atoms with Crippen LogP contribution in [0.3, 0.4) is 0 Å². The second kappa shape index (κ2) is 5.91. The van der Waals surface area contributed by atoms with Crippen molar-refractivity contribution in [2.45, 2.75) is 25.7 Å². The number of nitrogens with two attached hydrogens (primary N) is 1. The second-order valence-corrected chi connectivity index (χ2v) is 4.50. The molecule has 2 N–H and O–H groups in total. The standard InChI is InChI=1S/C15H21NO2/c1-17-14-10-11(6-5-9-16)15(18-2)13-8-4-3-7-12(13)14/h5-6,10H,3-4,7-9,16H2,1-2H3/b6-5+. The average Bonchev–Trinajstić information content (AvgIpc) is 2.43. The van der Waals surface area contributed by atoms with Crippen molar-refractivity contribution in [2.75, 3.05) is 20.8 Å². The molecular weight excluding hydrogens is 226 g/mol. The summed E-state index contributed by atoms with van der Waals surface area (Å²) in [4.78, 5) is 0. The van der Waals surface area contributed by atoms with E-state index in [0.717, 1.165) is 29.9 Å². The Kier molecular flexibility index (Phi) is 4.26. The summed E-state index contributed by atoms with van der Waals surface area (Å²) < 4.78 is 11.1. The van der Waals surface area contributed by atoms with Gasteiger partial charge in [0.05, 0.1) is 14.2 Å². The molecule has 2 rings (SSSR count). The molecule has 0 unspecified atom stereocenters. The van der Waals surface area contributed by atoms with E-state index in [0.29, 0.717) is 6.54 Å². The van der Waals surface area contributed by atoms with Gasteiger partial charge < -0.3 is 15.2 Å². The average molecular weight is 247 g/mol. The third-order valence-electron chi connectivity index (χ3n) is 3.45. The van der Waals surface area contributed by atoms with Crippen molar-refractivity contribution in [3.63, 3.8) is 0 Å². The van der Waals surface area contributed by atoms with Crippen LogP contribution in [-0.2, 0) is 12.8 Å². The molecule has 0 fully saturated rings. The maximum atomic E-state index is 5.59. The highest BCUT2D eigenvalue weighted by atomic mass is 16.5. The third-order valence-corrected chi connectivity index (χ3v) is 3.45. The first-order chi connectivity index (χ1) is 8.81. The summed E-state index contributed by atoms with van der Waals surface area (Å²) in [6.07, 6.45) is 8.54. The van der Waals surface area contributed by atoms with Crippen molar-refractivity contribution in [3.05, 3.63) is 28.8 Å². The molecule has 3 nitrogen and oxygen atoms in total. The fourth-order valence-electron chi connectivity index (χ4n) is 2.64. The molecule has 0 radical (unpaired) electrons. The number of fused-ring (bicyclic) bond motifs is 1. The van der Waals surface area contributed by atoms with E-state index in [1.165, 1.54) is 24.0 Å². The smallest absolute Gasteiger partial charge is 0.129 e. The molecule has 0 bridgehead atoms. The van der Waals surface area contributed by atoms with E-state index >= 15 is 0 Å². The molecule has 1 aromatic carbocycles. The first-order valence-electron chi connectivity index (χ1n) is 6.45. The first kappa shape index (κ1) is 13.0. The van der Waals surface area contributed by atoms with Crippen LogP contribution in [0.15, 0.2) is 12.1 Å². The molecule has 1 aliphatic rings. The predicted octanol–water partition coefficient (Wildman–Crippen LogP) is 2.55. The Balaban J connectivity index is 2.56. The van der Waals surface area contributed by atoms with Gasteiger partial charge in [-0.25, -0.2) is 0 Å². The number of hydrogen-bond acceptors (Lipinski definition) is 3. The normalized spacial score (nSPS) is 14.6. The van der Waals surface area contributed by atoms with Gasteiger partial charge in [-0.1, -0.05) is 12.2 Å². The van der Waals surface area contributed by atoms with Crippen molar-refractivity contribution < 1.29 is 9.47 Å². The maximum absolute atomic E-state index is 5.59. The van der Waals surface area contributed by atoms with Crippen LogP contribution in [0.5, 0.6) is 11.5 Å². The highest BCUT2D eigenvalue weighted by Crippen LogP contribution is 2.39. The van der Waals surface area contributed by atoms with Gasteiger partial charge in [0.25, 0.3) is 0 Å². The minimum absolute atomic E-state index is 0.530. The van der Waals surface area contributed by atoms with E-state index in [4.69, 9.17) is 15.2 Å². The van der Waals surface area contributed by atoms with Gasteiger partial charge in [0.1, 0.15) is 11.5 Å². The zero-order valence-corrected chi connectivity index (χ0v) is 11.2. The minimum Gasteiger partial charge on any atom is -0.496 e. The predicted molar refractivity (Wildman–Crippen MR) is 74.3 cm³/mol. The molecule has 1 aromatic rings. The lowest BCUT2D eigenvalue weighted by Gasteiger charge is -2.23. The monoisotopic (exact) mass is 247 g/mol. The van der Waals surface area contributed by atoms with Gasteiger partial charge in [0.15, 0.2) is 0 Å². The zero-order valence-electron chi connectivity index (χ0n) is 11.2. The molecule has 98 valence electrons. The summed E-state index contributed by atoms with van der Waals surface area (Å²) in [6, 6.07) is 2.05. The Morgan fingerprint density at radius 3 is 2.50 bits per heavy atom. The highest BCUT2D eigenvalue weighted by molar-refractivity contribution is 5.66. The topological polar surface area (TPSA) is 44.5 Å². The Labute approximate surface area is 109 Å². The second-order valence-electron chi connectivity index (χ2n) is 4.50. The summed E-state index contributed by atoms with van der Waals surface area (Å²) in [5, 5.41) is 0. The van der Waals surface area contributed by atoms with Gasteiger partial charge in [0.2, 0.25) is 0 Å². The molecular formula is C15H21NO2. The SMILES string of the molecule is COc1cc(/C=C/CN)c(OC)c2c1CCCC2. The van der Waals surface area contributed by atoms with Gasteiger partial charge in [0, 0.05) is 23.2 Å². The quantitative estimate of drug-likeness (QED) is 0.889. The fourth-order valence-corrected chi connectivity index (χ4v) is 2.64. The van der Waals surface area contributed by atoms with E-state index in [1.807, 2.05) is 12.2 Å². The number of rotatable bonds is 4. The van der Waals surface area contributed by atoms with E-state index < -0.39 is 0 Å². The van der Waals surface area contributed by atoms with Crippen LogP contribution in [-0.4, -0.2) is 20.8 Å². The van der Waals surface area contributed by atoms with Crippen LogP contribution in [0, 0.1) is 0 Å². The van der Waals surface area contributed by atoms with Gasteiger partial charge in [-0.3, -0.25) is 0 Å². The zero-order chi connectivity index (χ0) is 13.0. The van der Waals surface area contributed by atoms with Crippen LogP contribution in [0.25, 0.3) is 6.08 Å². The lowest BCUT2D eigenvalue weighted by atomic mass is 9.88. The van der Waals surface area contributed by atoms with Crippen LogP contribution in [0.2, 0.25) is 0 Å². The van der Waals surface area contributed by atoms with E-state index in [2.05, 4.69) is 6.07 Å². The molecule has 3 heteroatoms.